The fourth-order valence-electron chi connectivity index (χ4n) is 3.89. The average Bonchev–Trinajstić information content (AvgIpc) is 3.42. The summed E-state index contributed by atoms with van der Waals surface area (Å²) in [5.74, 6) is 2.13. The van der Waals surface area contributed by atoms with Crippen molar-refractivity contribution >= 4 is 5.91 Å². The highest BCUT2D eigenvalue weighted by Gasteiger charge is 2.37. The van der Waals surface area contributed by atoms with E-state index in [9.17, 15) is 9.90 Å². The molecule has 1 heterocycles. The molecule has 27 heavy (non-hydrogen) atoms. The molecular weight excluding hydrogens is 340 g/mol. The highest BCUT2D eigenvalue weighted by Crippen LogP contribution is 2.35. The maximum atomic E-state index is 12.2. The number of nitrogens with zero attached hydrogens (tertiary/aromatic N) is 3. The van der Waals surface area contributed by atoms with E-state index in [0.29, 0.717) is 12.8 Å². The molecule has 0 radical (unpaired) electrons. The van der Waals surface area contributed by atoms with Gasteiger partial charge in [0.15, 0.2) is 5.82 Å². The van der Waals surface area contributed by atoms with Gasteiger partial charge in [0.25, 0.3) is 0 Å². The first-order chi connectivity index (χ1) is 13.0. The zero-order chi connectivity index (χ0) is 19.0. The molecule has 6 nitrogen and oxygen atoms in total. The van der Waals surface area contributed by atoms with Crippen molar-refractivity contribution in [2.24, 2.45) is 5.92 Å². The lowest BCUT2D eigenvalue weighted by Crippen LogP contribution is -2.47. The average molecular weight is 368 g/mol. The van der Waals surface area contributed by atoms with Gasteiger partial charge in [-0.1, -0.05) is 30.3 Å². The monoisotopic (exact) mass is 368 g/mol. The molecule has 0 saturated heterocycles. The van der Waals surface area contributed by atoms with E-state index >= 15 is 0 Å². The Labute approximate surface area is 160 Å². The van der Waals surface area contributed by atoms with Crippen LogP contribution in [0.5, 0.6) is 0 Å². The quantitative estimate of drug-likeness (QED) is 0.850. The minimum atomic E-state index is -0.479. The Kier molecular flexibility index (Phi) is 5.00. The SMILES string of the molecule is CC(C)n1nc(-c2ccccc2)nc1[C@H]1CC[C@@H](O)[C@H](NC(=O)C2CC2)C1. The number of rotatable bonds is 5. The molecule has 2 aromatic rings. The van der Waals surface area contributed by atoms with Crippen molar-refractivity contribution in [1.29, 1.82) is 0 Å². The predicted molar refractivity (Wildman–Crippen MR) is 103 cm³/mol. The number of aliphatic hydroxyl groups is 1. The number of hydrogen-bond donors (Lipinski definition) is 2. The molecule has 2 aliphatic carbocycles. The first-order valence-corrected chi connectivity index (χ1v) is 10.0. The molecule has 0 spiro atoms. The third-order valence-electron chi connectivity index (χ3n) is 5.63. The van der Waals surface area contributed by atoms with Crippen molar-refractivity contribution in [3.63, 3.8) is 0 Å². The van der Waals surface area contributed by atoms with E-state index in [0.717, 1.165) is 36.5 Å². The molecule has 1 aromatic carbocycles. The summed E-state index contributed by atoms with van der Waals surface area (Å²) in [5.41, 5.74) is 1.01. The van der Waals surface area contributed by atoms with Gasteiger partial charge in [0.1, 0.15) is 5.82 Å². The normalized spacial score (nSPS) is 25.6. The van der Waals surface area contributed by atoms with Crippen molar-refractivity contribution in [3.8, 4) is 11.4 Å². The second-order valence-electron chi connectivity index (χ2n) is 8.16. The summed E-state index contributed by atoms with van der Waals surface area (Å²) in [5, 5.41) is 18.2. The predicted octanol–water partition coefficient (Wildman–Crippen LogP) is 3.05. The van der Waals surface area contributed by atoms with E-state index < -0.39 is 6.10 Å². The molecule has 0 bridgehead atoms. The van der Waals surface area contributed by atoms with E-state index in [2.05, 4.69) is 19.2 Å². The van der Waals surface area contributed by atoms with Gasteiger partial charge in [-0.2, -0.15) is 5.10 Å². The third kappa shape index (κ3) is 3.90. The number of carbonyl (C=O) groups is 1. The lowest BCUT2D eigenvalue weighted by Gasteiger charge is -2.33. The standard InChI is InChI=1S/C21H28N4O2/c1-13(2)25-20(23-19(24-25)14-6-4-3-5-7-14)16-10-11-18(26)17(12-16)22-21(27)15-8-9-15/h3-7,13,15-18,26H,8-12H2,1-2H3,(H,22,27)/t16-,17+,18+/m0/s1. The summed E-state index contributed by atoms with van der Waals surface area (Å²) < 4.78 is 2.00. The van der Waals surface area contributed by atoms with Crippen LogP contribution in [-0.2, 0) is 4.79 Å². The highest BCUT2D eigenvalue weighted by atomic mass is 16.3. The van der Waals surface area contributed by atoms with Crippen molar-refractivity contribution in [3.05, 3.63) is 36.2 Å². The van der Waals surface area contributed by atoms with Crippen molar-refractivity contribution < 1.29 is 9.90 Å². The minimum Gasteiger partial charge on any atom is -0.391 e. The van der Waals surface area contributed by atoms with Gasteiger partial charge in [-0.05, 0) is 46.0 Å². The number of benzene rings is 1. The van der Waals surface area contributed by atoms with Gasteiger partial charge in [0.05, 0.1) is 12.1 Å². The van der Waals surface area contributed by atoms with Crippen LogP contribution in [0.1, 0.15) is 63.7 Å². The molecule has 4 rings (SSSR count). The summed E-state index contributed by atoms with van der Waals surface area (Å²) in [4.78, 5) is 17.0. The fraction of sp³-hybridized carbons (Fsp3) is 0.571. The summed E-state index contributed by atoms with van der Waals surface area (Å²) >= 11 is 0. The second-order valence-corrected chi connectivity index (χ2v) is 8.16. The third-order valence-corrected chi connectivity index (χ3v) is 5.63. The molecule has 2 saturated carbocycles. The first-order valence-electron chi connectivity index (χ1n) is 10.0. The van der Waals surface area contributed by atoms with Crippen molar-refractivity contribution in [2.75, 3.05) is 0 Å². The van der Waals surface area contributed by atoms with E-state index in [1.807, 2.05) is 35.0 Å². The van der Waals surface area contributed by atoms with Crippen LogP contribution in [0.3, 0.4) is 0 Å². The number of carbonyl (C=O) groups excluding carboxylic acids is 1. The molecule has 0 unspecified atom stereocenters. The summed E-state index contributed by atoms with van der Waals surface area (Å²) in [6.45, 7) is 4.22. The van der Waals surface area contributed by atoms with Crippen LogP contribution in [0.2, 0.25) is 0 Å². The van der Waals surface area contributed by atoms with Gasteiger partial charge in [0, 0.05) is 23.4 Å². The lowest BCUT2D eigenvalue weighted by atomic mass is 9.83. The minimum absolute atomic E-state index is 0.0926. The Balaban J connectivity index is 1.57. The molecule has 144 valence electrons. The van der Waals surface area contributed by atoms with E-state index in [4.69, 9.17) is 10.1 Å². The second kappa shape index (κ2) is 7.43. The Morgan fingerprint density at radius 2 is 1.93 bits per heavy atom. The van der Waals surface area contributed by atoms with Crippen LogP contribution in [-0.4, -0.2) is 37.9 Å². The van der Waals surface area contributed by atoms with Gasteiger partial charge in [-0.25, -0.2) is 9.67 Å². The fourth-order valence-corrected chi connectivity index (χ4v) is 3.89. The van der Waals surface area contributed by atoms with Gasteiger partial charge >= 0.3 is 0 Å². The van der Waals surface area contributed by atoms with Crippen LogP contribution in [0, 0.1) is 5.92 Å². The Morgan fingerprint density at radius 3 is 2.59 bits per heavy atom. The Hall–Kier alpha value is -2.21. The smallest absolute Gasteiger partial charge is 0.223 e. The summed E-state index contributed by atoms with van der Waals surface area (Å²) in [6, 6.07) is 10.0. The van der Waals surface area contributed by atoms with Crippen LogP contribution in [0.15, 0.2) is 30.3 Å². The van der Waals surface area contributed by atoms with Crippen LogP contribution < -0.4 is 5.32 Å². The molecule has 2 N–H and O–H groups in total. The molecule has 1 amide bonds. The van der Waals surface area contributed by atoms with Gasteiger partial charge in [-0.15, -0.1) is 0 Å². The summed E-state index contributed by atoms with van der Waals surface area (Å²) in [7, 11) is 0. The van der Waals surface area contributed by atoms with Gasteiger partial charge < -0.3 is 10.4 Å². The number of nitrogens with one attached hydrogen (secondary N) is 1. The lowest BCUT2D eigenvalue weighted by molar-refractivity contribution is -0.124. The summed E-state index contributed by atoms with van der Waals surface area (Å²) in [6.07, 6.45) is 3.70. The van der Waals surface area contributed by atoms with E-state index in [1.54, 1.807) is 0 Å². The van der Waals surface area contributed by atoms with Crippen LogP contribution in [0.25, 0.3) is 11.4 Å². The Morgan fingerprint density at radius 1 is 1.19 bits per heavy atom. The van der Waals surface area contributed by atoms with Crippen molar-refractivity contribution in [2.45, 2.75) is 70.1 Å². The first kappa shape index (κ1) is 18.2. The zero-order valence-electron chi connectivity index (χ0n) is 16.0. The van der Waals surface area contributed by atoms with Crippen LogP contribution >= 0.6 is 0 Å². The number of amides is 1. The van der Waals surface area contributed by atoms with E-state index in [-0.39, 0.29) is 29.8 Å². The molecule has 1 aromatic heterocycles. The highest BCUT2D eigenvalue weighted by molar-refractivity contribution is 5.81. The van der Waals surface area contributed by atoms with E-state index in [1.165, 1.54) is 0 Å². The molecule has 2 aliphatic rings. The number of aromatic nitrogens is 3. The Bertz CT molecular complexity index is 798. The largest absolute Gasteiger partial charge is 0.391 e. The zero-order valence-corrected chi connectivity index (χ0v) is 16.0. The maximum absolute atomic E-state index is 12.2. The number of hydrogen-bond acceptors (Lipinski definition) is 4. The van der Waals surface area contributed by atoms with Crippen LogP contribution in [0.4, 0.5) is 0 Å². The molecule has 2 fully saturated rings. The number of aliphatic hydroxyl groups excluding tert-OH is 1. The molecular formula is C21H28N4O2. The van der Waals surface area contributed by atoms with Gasteiger partial charge in [-0.3, -0.25) is 4.79 Å². The molecule has 0 aliphatic heterocycles. The molecule has 3 atom stereocenters. The van der Waals surface area contributed by atoms with Crippen molar-refractivity contribution in [1.82, 2.24) is 20.1 Å². The molecule has 6 heteroatoms. The van der Waals surface area contributed by atoms with Gasteiger partial charge in [0.2, 0.25) is 5.91 Å². The maximum Gasteiger partial charge on any atom is 0.223 e. The topological polar surface area (TPSA) is 80.0 Å².